The molecule has 1 N–H and O–H groups in total. The summed E-state index contributed by atoms with van der Waals surface area (Å²) in [5, 5.41) is 2.94. The molecule has 3 aromatic rings. The van der Waals surface area contributed by atoms with Crippen molar-refractivity contribution < 1.29 is 9.18 Å². The monoisotopic (exact) mass is 408 g/mol. The van der Waals surface area contributed by atoms with E-state index < -0.39 is 0 Å². The lowest BCUT2D eigenvalue weighted by molar-refractivity contribution is 0.0940. The number of carbonyl (C=O) groups is 1. The van der Waals surface area contributed by atoms with E-state index in [4.69, 9.17) is 0 Å². The van der Waals surface area contributed by atoms with Gasteiger partial charge in [0.15, 0.2) is 0 Å². The lowest BCUT2D eigenvalue weighted by Crippen LogP contribution is -2.29. The molecule has 0 atom stereocenters. The predicted molar refractivity (Wildman–Crippen MR) is 100 cm³/mol. The number of amides is 1. The van der Waals surface area contributed by atoms with Crippen LogP contribution >= 0.6 is 27.3 Å². The fourth-order valence-electron chi connectivity index (χ4n) is 2.55. The lowest BCUT2D eigenvalue weighted by Gasteiger charge is -2.12. The van der Waals surface area contributed by atoms with Crippen molar-refractivity contribution in [3.8, 4) is 0 Å². The summed E-state index contributed by atoms with van der Waals surface area (Å²) < 4.78 is 17.9. The van der Waals surface area contributed by atoms with Gasteiger partial charge in [0.2, 0.25) is 0 Å². The number of rotatable bonds is 5. The topological polar surface area (TPSA) is 34.0 Å². The number of aromatic nitrogens is 1. The van der Waals surface area contributed by atoms with Gasteiger partial charge in [0.25, 0.3) is 5.91 Å². The van der Waals surface area contributed by atoms with E-state index in [9.17, 15) is 9.18 Å². The minimum atomic E-state index is -0.262. The molecule has 6 heteroatoms. The Balaban J connectivity index is 2.01. The third-order valence-corrected chi connectivity index (χ3v) is 5.32. The van der Waals surface area contributed by atoms with E-state index in [1.807, 2.05) is 30.5 Å². The van der Waals surface area contributed by atoms with Gasteiger partial charge in [-0.25, -0.2) is 4.39 Å². The number of hydrogen-bond donors (Lipinski definition) is 1. The molecule has 2 aromatic heterocycles. The quantitative estimate of drug-likeness (QED) is 0.630. The maximum atomic E-state index is 14.1. The van der Waals surface area contributed by atoms with E-state index in [-0.39, 0.29) is 11.7 Å². The Hall–Kier alpha value is -1.66. The highest BCUT2D eigenvalue weighted by molar-refractivity contribution is 9.11. The highest BCUT2D eigenvalue weighted by Crippen LogP contribution is 2.33. The minimum Gasteiger partial charge on any atom is -0.351 e. The second kappa shape index (κ2) is 7.07. The molecule has 0 spiro atoms. The van der Waals surface area contributed by atoms with E-state index in [0.717, 1.165) is 14.0 Å². The van der Waals surface area contributed by atoms with Crippen molar-refractivity contribution in [1.82, 2.24) is 9.88 Å². The van der Waals surface area contributed by atoms with Crippen LogP contribution in [0.15, 0.2) is 40.2 Å². The van der Waals surface area contributed by atoms with Crippen molar-refractivity contribution >= 4 is 43.4 Å². The van der Waals surface area contributed by atoms with Gasteiger partial charge in [-0.05, 0) is 40.0 Å². The van der Waals surface area contributed by atoms with Crippen LogP contribution in [-0.4, -0.2) is 17.0 Å². The Morgan fingerprint density at radius 1 is 1.33 bits per heavy atom. The first kappa shape index (κ1) is 17.2. The summed E-state index contributed by atoms with van der Waals surface area (Å²) in [5.74, 6) is -0.0130. The van der Waals surface area contributed by atoms with E-state index in [1.54, 1.807) is 29.5 Å². The molecule has 3 rings (SSSR count). The number of halogens is 2. The second-order valence-electron chi connectivity index (χ2n) is 6.11. The number of fused-ring (bicyclic) bond motifs is 1. The summed E-state index contributed by atoms with van der Waals surface area (Å²) in [7, 11) is 0. The molecule has 0 aliphatic heterocycles. The smallest absolute Gasteiger partial charge is 0.267 e. The van der Waals surface area contributed by atoms with Gasteiger partial charge in [-0.2, -0.15) is 0 Å². The van der Waals surface area contributed by atoms with Crippen molar-refractivity contribution in [3.63, 3.8) is 0 Å². The Morgan fingerprint density at radius 3 is 2.79 bits per heavy atom. The second-order valence-corrected chi connectivity index (χ2v) is 8.57. The largest absolute Gasteiger partial charge is 0.351 e. The molecule has 0 bridgehead atoms. The highest BCUT2D eigenvalue weighted by Gasteiger charge is 2.18. The Morgan fingerprint density at radius 2 is 2.08 bits per heavy atom. The van der Waals surface area contributed by atoms with E-state index in [0.29, 0.717) is 30.3 Å². The number of hydrogen-bond acceptors (Lipinski definition) is 2. The summed E-state index contributed by atoms with van der Waals surface area (Å²) >= 11 is 5.05. The minimum absolute atomic E-state index is 0.125. The summed E-state index contributed by atoms with van der Waals surface area (Å²) in [4.78, 5) is 12.6. The van der Waals surface area contributed by atoms with Crippen LogP contribution in [0.5, 0.6) is 0 Å². The van der Waals surface area contributed by atoms with Gasteiger partial charge < -0.3 is 9.88 Å². The maximum absolute atomic E-state index is 14.1. The normalized spacial score (nSPS) is 11.4. The van der Waals surface area contributed by atoms with E-state index >= 15 is 0 Å². The average Bonchev–Trinajstić information content (AvgIpc) is 3.04. The molecular weight excluding hydrogens is 391 g/mol. The van der Waals surface area contributed by atoms with Gasteiger partial charge >= 0.3 is 0 Å². The predicted octanol–water partition coefficient (Wildman–Crippen LogP) is 5.04. The van der Waals surface area contributed by atoms with Crippen molar-refractivity contribution in [1.29, 1.82) is 0 Å². The van der Waals surface area contributed by atoms with E-state index in [2.05, 4.69) is 21.2 Å². The molecule has 1 amide bonds. The number of carbonyl (C=O) groups excluding carboxylic acids is 1. The first-order valence-corrected chi connectivity index (χ1v) is 9.37. The molecule has 24 heavy (non-hydrogen) atoms. The molecular formula is C18H18BrFN2OS. The summed E-state index contributed by atoms with van der Waals surface area (Å²) in [5.41, 5.74) is 2.06. The highest BCUT2D eigenvalue weighted by atomic mass is 79.9. The number of thiophene rings is 1. The van der Waals surface area contributed by atoms with Crippen LogP contribution in [0.1, 0.15) is 29.9 Å². The van der Waals surface area contributed by atoms with Gasteiger partial charge in [0.1, 0.15) is 11.5 Å². The first-order valence-electron chi connectivity index (χ1n) is 7.76. The molecule has 0 fully saturated rings. The molecule has 2 heterocycles. The van der Waals surface area contributed by atoms with Crippen LogP contribution < -0.4 is 5.32 Å². The number of benzene rings is 1. The summed E-state index contributed by atoms with van der Waals surface area (Å²) in [6.07, 6.45) is 0. The summed E-state index contributed by atoms with van der Waals surface area (Å²) in [6.45, 7) is 5.04. The fourth-order valence-corrected chi connectivity index (χ4v) is 4.12. The van der Waals surface area contributed by atoms with Crippen molar-refractivity contribution in [2.45, 2.75) is 20.4 Å². The molecule has 126 valence electrons. The van der Waals surface area contributed by atoms with Crippen LogP contribution in [0, 0.1) is 11.7 Å². The van der Waals surface area contributed by atoms with Crippen LogP contribution in [0.3, 0.4) is 0 Å². The van der Waals surface area contributed by atoms with Gasteiger partial charge in [-0.1, -0.05) is 32.0 Å². The molecule has 1 aromatic carbocycles. The zero-order chi connectivity index (χ0) is 17.3. The van der Waals surface area contributed by atoms with Crippen LogP contribution in [0.4, 0.5) is 4.39 Å². The Kier molecular flexibility index (Phi) is 5.06. The average molecular weight is 409 g/mol. The third-order valence-electron chi connectivity index (χ3n) is 3.75. The zero-order valence-electron chi connectivity index (χ0n) is 13.5. The van der Waals surface area contributed by atoms with Gasteiger partial charge in [0, 0.05) is 12.1 Å². The van der Waals surface area contributed by atoms with Crippen molar-refractivity contribution in [2.75, 3.05) is 6.54 Å². The fraction of sp³-hybridized carbons (Fsp3) is 0.278. The SMILES string of the molecule is CC(C)CNC(=O)c1cc2sc(Br)cc2n1Cc1ccccc1F. The maximum Gasteiger partial charge on any atom is 0.267 e. The van der Waals surface area contributed by atoms with Crippen molar-refractivity contribution in [3.05, 3.63) is 57.3 Å². The molecule has 0 unspecified atom stereocenters. The van der Waals surface area contributed by atoms with Crippen LogP contribution in [0.2, 0.25) is 0 Å². The van der Waals surface area contributed by atoms with Crippen LogP contribution in [-0.2, 0) is 6.54 Å². The van der Waals surface area contributed by atoms with E-state index in [1.165, 1.54) is 6.07 Å². The molecule has 0 radical (unpaired) electrons. The van der Waals surface area contributed by atoms with Gasteiger partial charge in [-0.15, -0.1) is 11.3 Å². The van der Waals surface area contributed by atoms with Gasteiger partial charge in [0.05, 0.1) is 20.5 Å². The molecule has 0 saturated heterocycles. The Labute approximate surface area is 152 Å². The standard InChI is InChI=1S/C18H18BrFN2OS/c1-11(2)9-21-18(23)15-7-16-14(8-17(19)24-16)22(15)10-12-5-3-4-6-13(12)20/h3-8,11H,9-10H2,1-2H3,(H,21,23). The third kappa shape index (κ3) is 3.54. The molecule has 0 aliphatic rings. The molecule has 0 saturated carbocycles. The van der Waals surface area contributed by atoms with Crippen molar-refractivity contribution in [2.24, 2.45) is 5.92 Å². The Bertz CT molecular complexity index is 884. The number of nitrogens with zero attached hydrogens (tertiary/aromatic N) is 1. The first-order chi connectivity index (χ1) is 11.5. The lowest BCUT2D eigenvalue weighted by atomic mass is 10.2. The van der Waals surface area contributed by atoms with Gasteiger partial charge in [-0.3, -0.25) is 4.79 Å². The molecule has 0 aliphatic carbocycles. The zero-order valence-corrected chi connectivity index (χ0v) is 15.9. The van der Waals surface area contributed by atoms with Crippen LogP contribution in [0.25, 0.3) is 10.2 Å². The molecule has 3 nitrogen and oxygen atoms in total. The number of nitrogens with one attached hydrogen (secondary N) is 1. The summed E-state index contributed by atoms with van der Waals surface area (Å²) in [6, 6.07) is 10.5.